The summed E-state index contributed by atoms with van der Waals surface area (Å²) >= 11 is 0. The molecular weight excluding hydrogens is 355 g/mol. The average Bonchev–Trinajstić information content (AvgIpc) is 3.39. The zero-order valence-corrected chi connectivity index (χ0v) is 15.4. The van der Waals surface area contributed by atoms with Crippen molar-refractivity contribution in [2.45, 2.75) is 31.3 Å². The third-order valence-electron chi connectivity index (χ3n) is 4.74. The van der Waals surface area contributed by atoms with Gasteiger partial charge in [-0.05, 0) is 43.2 Å². The van der Waals surface area contributed by atoms with Gasteiger partial charge in [0.15, 0.2) is 17.5 Å². The molecular formula is C20H22F3N3O. The SMILES string of the molecule is CN=C(NC(C)c1ccc(OC)c(F)c1)NC1CC1c1c(F)cccc1F. The van der Waals surface area contributed by atoms with Crippen molar-refractivity contribution >= 4 is 5.96 Å². The number of methoxy groups -OCH3 is 1. The topological polar surface area (TPSA) is 45.7 Å². The quantitative estimate of drug-likeness (QED) is 0.614. The minimum atomic E-state index is -0.533. The second-order valence-corrected chi connectivity index (χ2v) is 6.56. The molecule has 2 N–H and O–H groups in total. The number of hydrogen-bond donors (Lipinski definition) is 2. The standard InChI is InChI=1S/C20H22F3N3O/c1-11(12-7-8-18(27-3)16(23)9-12)25-20(24-2)26-17-10-13(17)19-14(21)5-4-6-15(19)22/h4-9,11,13,17H,10H2,1-3H3,(H2,24,25,26). The number of nitrogens with one attached hydrogen (secondary N) is 2. The van der Waals surface area contributed by atoms with Crippen LogP contribution in [0.4, 0.5) is 13.2 Å². The van der Waals surface area contributed by atoms with Gasteiger partial charge in [-0.25, -0.2) is 13.2 Å². The van der Waals surface area contributed by atoms with E-state index in [4.69, 9.17) is 4.74 Å². The van der Waals surface area contributed by atoms with E-state index in [1.807, 2.05) is 6.92 Å². The molecule has 1 aliphatic carbocycles. The first-order valence-electron chi connectivity index (χ1n) is 8.71. The Morgan fingerprint density at radius 2 is 1.85 bits per heavy atom. The largest absolute Gasteiger partial charge is 0.494 e. The molecule has 1 aliphatic rings. The summed E-state index contributed by atoms with van der Waals surface area (Å²) in [7, 11) is 3.02. The van der Waals surface area contributed by atoms with E-state index >= 15 is 0 Å². The number of ether oxygens (including phenoxy) is 1. The Labute approximate surface area is 156 Å². The van der Waals surface area contributed by atoms with E-state index < -0.39 is 17.5 Å². The van der Waals surface area contributed by atoms with E-state index in [0.29, 0.717) is 12.4 Å². The summed E-state index contributed by atoms with van der Waals surface area (Å²) in [5, 5.41) is 6.33. The fraction of sp³-hybridized carbons (Fsp3) is 0.350. The molecule has 0 aliphatic heterocycles. The van der Waals surface area contributed by atoms with Crippen LogP contribution in [-0.2, 0) is 0 Å². The fourth-order valence-electron chi connectivity index (χ4n) is 3.13. The highest BCUT2D eigenvalue weighted by atomic mass is 19.1. The van der Waals surface area contributed by atoms with Gasteiger partial charge in [0.25, 0.3) is 0 Å². The monoisotopic (exact) mass is 377 g/mol. The van der Waals surface area contributed by atoms with Crippen LogP contribution in [0, 0.1) is 17.5 Å². The maximum absolute atomic E-state index is 13.9. The molecule has 3 atom stereocenters. The summed E-state index contributed by atoms with van der Waals surface area (Å²) in [6.45, 7) is 1.87. The molecule has 0 radical (unpaired) electrons. The van der Waals surface area contributed by atoms with Crippen LogP contribution in [0.2, 0.25) is 0 Å². The van der Waals surface area contributed by atoms with Crippen molar-refractivity contribution in [3.63, 3.8) is 0 Å². The summed E-state index contributed by atoms with van der Waals surface area (Å²) in [6.07, 6.45) is 0.615. The number of halogens is 3. The van der Waals surface area contributed by atoms with Gasteiger partial charge in [0.2, 0.25) is 0 Å². The highest BCUT2D eigenvalue weighted by molar-refractivity contribution is 5.81. The summed E-state index contributed by atoms with van der Waals surface area (Å²) in [5.74, 6) is -1.07. The molecule has 0 amide bonds. The lowest BCUT2D eigenvalue weighted by atomic mass is 10.1. The van der Waals surface area contributed by atoms with E-state index in [2.05, 4.69) is 15.6 Å². The molecule has 3 unspecified atom stereocenters. The van der Waals surface area contributed by atoms with E-state index in [-0.39, 0.29) is 29.3 Å². The maximum atomic E-state index is 13.9. The molecule has 2 aromatic carbocycles. The van der Waals surface area contributed by atoms with Crippen LogP contribution < -0.4 is 15.4 Å². The third-order valence-corrected chi connectivity index (χ3v) is 4.74. The lowest BCUT2D eigenvalue weighted by Crippen LogP contribution is -2.40. The van der Waals surface area contributed by atoms with Crippen molar-refractivity contribution in [3.05, 3.63) is 65.0 Å². The Hall–Kier alpha value is -2.70. The Kier molecular flexibility index (Phi) is 5.58. The van der Waals surface area contributed by atoms with Crippen LogP contribution in [0.3, 0.4) is 0 Å². The lowest BCUT2D eigenvalue weighted by molar-refractivity contribution is 0.386. The summed E-state index contributed by atoms with van der Waals surface area (Å²) in [5.41, 5.74) is 0.833. The van der Waals surface area contributed by atoms with Gasteiger partial charge in [0, 0.05) is 24.6 Å². The highest BCUT2D eigenvalue weighted by Crippen LogP contribution is 2.43. The van der Waals surface area contributed by atoms with Gasteiger partial charge in [-0.1, -0.05) is 12.1 Å². The first kappa shape index (κ1) is 19.1. The third kappa shape index (κ3) is 4.18. The van der Waals surface area contributed by atoms with Gasteiger partial charge in [0.1, 0.15) is 11.6 Å². The second-order valence-electron chi connectivity index (χ2n) is 6.56. The highest BCUT2D eigenvalue weighted by Gasteiger charge is 2.42. The zero-order chi connectivity index (χ0) is 19.6. The number of rotatable bonds is 5. The van der Waals surface area contributed by atoms with Crippen molar-refractivity contribution in [2.75, 3.05) is 14.2 Å². The van der Waals surface area contributed by atoms with Crippen molar-refractivity contribution < 1.29 is 17.9 Å². The summed E-state index contributed by atoms with van der Waals surface area (Å²) in [6, 6.07) is 8.29. The minimum absolute atomic E-state index is 0.107. The van der Waals surface area contributed by atoms with E-state index in [0.717, 1.165) is 5.56 Å². The molecule has 27 heavy (non-hydrogen) atoms. The molecule has 144 valence electrons. The van der Waals surface area contributed by atoms with Gasteiger partial charge in [-0.2, -0.15) is 0 Å². The number of nitrogens with zero attached hydrogens (tertiary/aromatic N) is 1. The van der Waals surface area contributed by atoms with Crippen LogP contribution in [0.5, 0.6) is 5.75 Å². The van der Waals surface area contributed by atoms with Gasteiger partial charge >= 0.3 is 0 Å². The molecule has 1 saturated carbocycles. The number of hydrogen-bond acceptors (Lipinski definition) is 2. The molecule has 7 heteroatoms. The lowest BCUT2D eigenvalue weighted by Gasteiger charge is -2.19. The number of aliphatic imine (C=N–C) groups is 1. The molecule has 0 heterocycles. The van der Waals surface area contributed by atoms with E-state index in [1.165, 1.54) is 31.4 Å². The van der Waals surface area contributed by atoms with Crippen LogP contribution in [0.15, 0.2) is 41.4 Å². The number of benzene rings is 2. The molecule has 4 nitrogen and oxygen atoms in total. The van der Waals surface area contributed by atoms with Crippen LogP contribution in [0.25, 0.3) is 0 Å². The zero-order valence-electron chi connectivity index (χ0n) is 15.4. The van der Waals surface area contributed by atoms with Crippen LogP contribution in [-0.4, -0.2) is 26.2 Å². The second kappa shape index (κ2) is 7.90. The first-order valence-corrected chi connectivity index (χ1v) is 8.71. The maximum Gasteiger partial charge on any atom is 0.191 e. The summed E-state index contributed by atoms with van der Waals surface area (Å²) < 4.78 is 46.6. The van der Waals surface area contributed by atoms with Gasteiger partial charge < -0.3 is 15.4 Å². The molecule has 2 aromatic rings. The molecule has 0 saturated heterocycles. The minimum Gasteiger partial charge on any atom is -0.494 e. The van der Waals surface area contributed by atoms with Crippen molar-refractivity contribution in [3.8, 4) is 5.75 Å². The van der Waals surface area contributed by atoms with Crippen molar-refractivity contribution in [1.82, 2.24) is 10.6 Å². The Balaban J connectivity index is 1.63. The Morgan fingerprint density at radius 1 is 1.15 bits per heavy atom. The van der Waals surface area contributed by atoms with Crippen LogP contribution >= 0.6 is 0 Å². The predicted octanol–water partition coefficient (Wildman–Crippen LogP) is 3.89. The predicted molar refractivity (Wildman–Crippen MR) is 98.5 cm³/mol. The normalized spacial score (nSPS) is 20.1. The van der Waals surface area contributed by atoms with E-state index in [1.54, 1.807) is 19.2 Å². The smallest absolute Gasteiger partial charge is 0.191 e. The summed E-state index contributed by atoms with van der Waals surface area (Å²) in [4.78, 5) is 4.15. The average molecular weight is 377 g/mol. The van der Waals surface area contributed by atoms with Gasteiger partial charge in [0.05, 0.1) is 13.2 Å². The molecule has 0 aromatic heterocycles. The molecule has 0 spiro atoms. The molecule has 0 bridgehead atoms. The fourth-order valence-corrected chi connectivity index (χ4v) is 3.13. The van der Waals surface area contributed by atoms with E-state index in [9.17, 15) is 13.2 Å². The molecule has 1 fully saturated rings. The van der Waals surface area contributed by atoms with Gasteiger partial charge in [-0.15, -0.1) is 0 Å². The first-order chi connectivity index (χ1) is 12.9. The van der Waals surface area contributed by atoms with Gasteiger partial charge in [-0.3, -0.25) is 4.99 Å². The number of guanidine groups is 1. The van der Waals surface area contributed by atoms with Crippen molar-refractivity contribution in [1.29, 1.82) is 0 Å². The van der Waals surface area contributed by atoms with Crippen LogP contribution in [0.1, 0.15) is 36.4 Å². The Morgan fingerprint density at radius 3 is 2.44 bits per heavy atom. The Bertz CT molecular complexity index is 836. The molecule has 3 rings (SSSR count). The van der Waals surface area contributed by atoms with Crippen molar-refractivity contribution in [2.24, 2.45) is 4.99 Å².